The first-order chi connectivity index (χ1) is 6.54. The van der Waals surface area contributed by atoms with Gasteiger partial charge < -0.3 is 10.5 Å². The van der Waals surface area contributed by atoms with E-state index in [0.29, 0.717) is 11.1 Å². The minimum atomic E-state index is -2.82. The van der Waals surface area contributed by atoms with Crippen LogP contribution in [0.2, 0.25) is 0 Å². The summed E-state index contributed by atoms with van der Waals surface area (Å²) in [6.07, 6.45) is 0. The highest BCUT2D eigenvalue weighted by Gasteiger charge is 2.12. The molecule has 0 unspecified atom stereocenters. The highest BCUT2D eigenvalue weighted by molar-refractivity contribution is 9.10. The van der Waals surface area contributed by atoms with Gasteiger partial charge in [0, 0.05) is 16.6 Å². The summed E-state index contributed by atoms with van der Waals surface area (Å²) < 4.78 is 29.3. The van der Waals surface area contributed by atoms with Gasteiger partial charge in [-0.05, 0) is 24.6 Å². The zero-order valence-corrected chi connectivity index (χ0v) is 9.14. The standard InChI is InChI=1S/C9H10BrF2NO/c1-5-2-7(10)3-6(4-13)8(5)14-9(11)12/h2-3,9H,4,13H2,1H3. The Hall–Kier alpha value is -0.680. The molecular formula is C9H10BrF2NO. The SMILES string of the molecule is Cc1cc(Br)cc(CN)c1OC(F)F. The molecule has 0 aliphatic heterocycles. The lowest BCUT2D eigenvalue weighted by atomic mass is 10.1. The average molecular weight is 266 g/mol. The van der Waals surface area contributed by atoms with E-state index in [0.717, 1.165) is 4.47 Å². The van der Waals surface area contributed by atoms with Gasteiger partial charge in [0.1, 0.15) is 5.75 Å². The quantitative estimate of drug-likeness (QED) is 0.912. The Balaban J connectivity index is 3.11. The number of nitrogens with two attached hydrogens (primary N) is 1. The van der Waals surface area contributed by atoms with Crippen molar-refractivity contribution in [3.63, 3.8) is 0 Å². The van der Waals surface area contributed by atoms with Crippen molar-refractivity contribution in [1.29, 1.82) is 0 Å². The van der Waals surface area contributed by atoms with E-state index in [1.54, 1.807) is 19.1 Å². The molecule has 0 aliphatic carbocycles. The molecule has 0 saturated heterocycles. The highest BCUT2D eigenvalue weighted by Crippen LogP contribution is 2.28. The normalized spacial score (nSPS) is 10.7. The van der Waals surface area contributed by atoms with Gasteiger partial charge in [0.15, 0.2) is 0 Å². The van der Waals surface area contributed by atoms with Gasteiger partial charge in [-0.2, -0.15) is 8.78 Å². The number of rotatable bonds is 3. The van der Waals surface area contributed by atoms with Crippen molar-refractivity contribution >= 4 is 15.9 Å². The smallest absolute Gasteiger partial charge is 0.387 e. The van der Waals surface area contributed by atoms with Crippen molar-refractivity contribution in [3.8, 4) is 5.75 Å². The summed E-state index contributed by atoms with van der Waals surface area (Å²) in [5, 5.41) is 0. The van der Waals surface area contributed by atoms with Crippen molar-refractivity contribution in [3.05, 3.63) is 27.7 Å². The monoisotopic (exact) mass is 265 g/mol. The lowest BCUT2D eigenvalue weighted by molar-refractivity contribution is -0.0508. The van der Waals surface area contributed by atoms with E-state index >= 15 is 0 Å². The molecule has 0 fully saturated rings. The van der Waals surface area contributed by atoms with Crippen LogP contribution in [0.5, 0.6) is 5.75 Å². The molecule has 14 heavy (non-hydrogen) atoms. The minimum absolute atomic E-state index is 0.169. The van der Waals surface area contributed by atoms with Gasteiger partial charge in [0.05, 0.1) is 0 Å². The fourth-order valence-electron chi connectivity index (χ4n) is 1.21. The van der Waals surface area contributed by atoms with Crippen LogP contribution < -0.4 is 10.5 Å². The Kier molecular flexibility index (Phi) is 3.83. The third-order valence-electron chi connectivity index (χ3n) is 1.74. The van der Waals surface area contributed by atoms with E-state index in [-0.39, 0.29) is 12.3 Å². The van der Waals surface area contributed by atoms with Gasteiger partial charge in [-0.25, -0.2) is 0 Å². The molecule has 0 atom stereocenters. The summed E-state index contributed by atoms with van der Waals surface area (Å²) in [6, 6.07) is 3.38. The maximum absolute atomic E-state index is 12.0. The Labute approximate surface area is 89.2 Å². The van der Waals surface area contributed by atoms with E-state index in [1.165, 1.54) is 0 Å². The maximum atomic E-state index is 12.0. The van der Waals surface area contributed by atoms with Gasteiger partial charge in [-0.15, -0.1) is 0 Å². The predicted molar refractivity (Wildman–Crippen MR) is 53.4 cm³/mol. The Bertz CT molecular complexity index is 331. The van der Waals surface area contributed by atoms with Gasteiger partial charge in [0.25, 0.3) is 0 Å². The molecule has 0 aromatic heterocycles. The number of hydrogen-bond acceptors (Lipinski definition) is 2. The van der Waals surface area contributed by atoms with Crippen molar-refractivity contribution < 1.29 is 13.5 Å². The molecule has 0 radical (unpaired) electrons. The largest absolute Gasteiger partial charge is 0.434 e. The van der Waals surface area contributed by atoms with Crippen molar-refractivity contribution in [1.82, 2.24) is 0 Å². The number of ether oxygens (including phenoxy) is 1. The molecule has 0 heterocycles. The predicted octanol–water partition coefficient (Wildman–Crippen LogP) is 2.82. The fraction of sp³-hybridized carbons (Fsp3) is 0.333. The van der Waals surface area contributed by atoms with Crippen LogP contribution in [0.1, 0.15) is 11.1 Å². The van der Waals surface area contributed by atoms with Gasteiger partial charge in [-0.1, -0.05) is 15.9 Å². The second-order valence-electron chi connectivity index (χ2n) is 2.79. The second kappa shape index (κ2) is 4.70. The van der Waals surface area contributed by atoms with Crippen LogP contribution in [0.25, 0.3) is 0 Å². The number of halogens is 3. The summed E-state index contributed by atoms with van der Waals surface area (Å²) >= 11 is 3.26. The number of aryl methyl sites for hydroxylation is 1. The molecule has 0 saturated carbocycles. The summed E-state index contributed by atoms with van der Waals surface area (Å²) in [4.78, 5) is 0. The number of alkyl halides is 2. The Morgan fingerprint density at radius 3 is 2.64 bits per heavy atom. The summed E-state index contributed by atoms with van der Waals surface area (Å²) in [5.74, 6) is 0.172. The maximum Gasteiger partial charge on any atom is 0.387 e. The number of hydrogen-bond donors (Lipinski definition) is 1. The zero-order valence-electron chi connectivity index (χ0n) is 7.56. The fourth-order valence-corrected chi connectivity index (χ4v) is 1.83. The van der Waals surface area contributed by atoms with Crippen molar-refractivity contribution in [2.45, 2.75) is 20.1 Å². The van der Waals surface area contributed by atoms with Gasteiger partial charge in [-0.3, -0.25) is 0 Å². The molecule has 0 spiro atoms. The molecule has 1 aromatic carbocycles. The summed E-state index contributed by atoms with van der Waals surface area (Å²) in [5.41, 5.74) is 6.62. The molecule has 0 aliphatic rings. The zero-order chi connectivity index (χ0) is 10.7. The molecule has 0 amide bonds. The van der Waals surface area contributed by atoms with Gasteiger partial charge >= 0.3 is 6.61 Å². The van der Waals surface area contributed by atoms with Crippen LogP contribution in [-0.2, 0) is 6.54 Å². The molecule has 0 bridgehead atoms. The first-order valence-electron chi connectivity index (χ1n) is 3.98. The lowest BCUT2D eigenvalue weighted by Gasteiger charge is -2.12. The summed E-state index contributed by atoms with van der Waals surface area (Å²) in [6.45, 7) is -0.954. The van der Waals surface area contributed by atoms with Crippen LogP contribution in [0.3, 0.4) is 0 Å². The molecule has 1 aromatic rings. The average Bonchev–Trinajstić information content (AvgIpc) is 2.08. The molecule has 5 heteroatoms. The number of benzene rings is 1. The van der Waals surface area contributed by atoms with Crippen LogP contribution in [0.4, 0.5) is 8.78 Å². The minimum Gasteiger partial charge on any atom is -0.434 e. The molecular weight excluding hydrogens is 256 g/mol. The topological polar surface area (TPSA) is 35.2 Å². The molecule has 2 N–H and O–H groups in total. The van der Waals surface area contributed by atoms with E-state index in [2.05, 4.69) is 20.7 Å². The van der Waals surface area contributed by atoms with Crippen molar-refractivity contribution in [2.75, 3.05) is 0 Å². The van der Waals surface area contributed by atoms with E-state index in [1.807, 2.05) is 0 Å². The first-order valence-corrected chi connectivity index (χ1v) is 4.77. The van der Waals surface area contributed by atoms with E-state index < -0.39 is 6.61 Å². The lowest BCUT2D eigenvalue weighted by Crippen LogP contribution is -2.08. The second-order valence-corrected chi connectivity index (χ2v) is 3.71. The van der Waals surface area contributed by atoms with Crippen LogP contribution in [0, 0.1) is 6.92 Å². The Morgan fingerprint density at radius 1 is 1.50 bits per heavy atom. The highest BCUT2D eigenvalue weighted by atomic mass is 79.9. The van der Waals surface area contributed by atoms with Gasteiger partial charge in [0.2, 0.25) is 0 Å². The third kappa shape index (κ3) is 2.65. The van der Waals surface area contributed by atoms with Crippen LogP contribution in [-0.4, -0.2) is 6.61 Å². The van der Waals surface area contributed by atoms with Crippen LogP contribution in [0.15, 0.2) is 16.6 Å². The van der Waals surface area contributed by atoms with Crippen molar-refractivity contribution in [2.24, 2.45) is 5.73 Å². The summed E-state index contributed by atoms with van der Waals surface area (Å²) in [7, 11) is 0. The third-order valence-corrected chi connectivity index (χ3v) is 2.20. The van der Waals surface area contributed by atoms with Crippen LogP contribution >= 0.6 is 15.9 Å². The molecule has 78 valence electrons. The Morgan fingerprint density at radius 2 is 2.14 bits per heavy atom. The molecule has 2 nitrogen and oxygen atoms in total. The molecule has 1 rings (SSSR count). The first kappa shape index (κ1) is 11.4. The van der Waals surface area contributed by atoms with E-state index in [9.17, 15) is 8.78 Å². The van der Waals surface area contributed by atoms with E-state index in [4.69, 9.17) is 5.73 Å².